The van der Waals surface area contributed by atoms with Gasteiger partial charge in [0.15, 0.2) is 0 Å². The third-order valence-corrected chi connectivity index (χ3v) is 3.58. The van der Waals surface area contributed by atoms with E-state index in [9.17, 15) is 0 Å². The van der Waals surface area contributed by atoms with Crippen LogP contribution in [0.2, 0.25) is 0 Å². The molecule has 1 fully saturated rings. The molecule has 2 atom stereocenters. The standard InChI is InChI=1S/C15H23NO/c1-15(2)11-10-13(17-15)8-9-14(16)12-6-4-3-5-7-12/h3-7,13-14H,8-11,16H2,1-2H3. The average molecular weight is 233 g/mol. The molecule has 0 radical (unpaired) electrons. The molecule has 0 bridgehead atoms. The maximum absolute atomic E-state index is 6.19. The molecule has 0 aliphatic carbocycles. The van der Waals surface area contributed by atoms with E-state index in [1.807, 2.05) is 18.2 Å². The first kappa shape index (κ1) is 12.6. The van der Waals surface area contributed by atoms with Gasteiger partial charge in [0, 0.05) is 6.04 Å². The molecule has 1 aromatic carbocycles. The number of hydrogen-bond donors (Lipinski definition) is 1. The minimum Gasteiger partial charge on any atom is -0.372 e. The van der Waals surface area contributed by atoms with Crippen LogP contribution in [0.3, 0.4) is 0 Å². The van der Waals surface area contributed by atoms with E-state index in [0.29, 0.717) is 6.10 Å². The predicted octanol–water partition coefficient (Wildman–Crippen LogP) is 3.42. The van der Waals surface area contributed by atoms with Crippen molar-refractivity contribution < 1.29 is 4.74 Å². The Morgan fingerprint density at radius 3 is 2.65 bits per heavy atom. The van der Waals surface area contributed by atoms with Gasteiger partial charge in [-0.2, -0.15) is 0 Å². The fraction of sp³-hybridized carbons (Fsp3) is 0.600. The van der Waals surface area contributed by atoms with Crippen LogP contribution in [0.5, 0.6) is 0 Å². The Bertz CT molecular complexity index is 347. The highest BCUT2D eigenvalue weighted by Gasteiger charge is 2.31. The molecular formula is C15H23NO. The van der Waals surface area contributed by atoms with Crippen molar-refractivity contribution in [2.45, 2.75) is 57.3 Å². The molecule has 1 heterocycles. The molecule has 0 amide bonds. The quantitative estimate of drug-likeness (QED) is 0.864. The number of rotatable bonds is 4. The molecule has 1 aromatic rings. The fourth-order valence-electron chi connectivity index (χ4n) is 2.51. The SMILES string of the molecule is CC1(C)CCC(CCC(N)c2ccccc2)O1. The molecule has 2 rings (SSSR count). The van der Waals surface area contributed by atoms with E-state index in [-0.39, 0.29) is 11.6 Å². The molecule has 0 spiro atoms. The Balaban J connectivity index is 1.79. The van der Waals surface area contributed by atoms with E-state index in [1.54, 1.807) is 0 Å². The van der Waals surface area contributed by atoms with Gasteiger partial charge in [-0.3, -0.25) is 0 Å². The van der Waals surface area contributed by atoms with Crippen LogP contribution >= 0.6 is 0 Å². The summed E-state index contributed by atoms with van der Waals surface area (Å²) in [5.74, 6) is 0. The Hall–Kier alpha value is -0.860. The number of ether oxygens (including phenoxy) is 1. The van der Waals surface area contributed by atoms with Crippen LogP contribution in [0.1, 0.15) is 51.1 Å². The van der Waals surface area contributed by atoms with Crippen LogP contribution in [-0.4, -0.2) is 11.7 Å². The van der Waals surface area contributed by atoms with Crippen molar-refractivity contribution in [1.82, 2.24) is 0 Å². The highest BCUT2D eigenvalue weighted by molar-refractivity contribution is 5.18. The third-order valence-electron chi connectivity index (χ3n) is 3.58. The Labute approximate surface area is 104 Å². The summed E-state index contributed by atoms with van der Waals surface area (Å²) in [4.78, 5) is 0. The minimum absolute atomic E-state index is 0.0709. The van der Waals surface area contributed by atoms with E-state index in [0.717, 1.165) is 19.3 Å². The molecule has 17 heavy (non-hydrogen) atoms. The van der Waals surface area contributed by atoms with Crippen LogP contribution in [0.25, 0.3) is 0 Å². The third kappa shape index (κ3) is 3.55. The fourth-order valence-corrected chi connectivity index (χ4v) is 2.51. The minimum atomic E-state index is 0.0709. The van der Waals surface area contributed by atoms with Gasteiger partial charge in [0.05, 0.1) is 11.7 Å². The largest absolute Gasteiger partial charge is 0.372 e. The second-order valence-electron chi connectivity index (χ2n) is 5.63. The highest BCUT2D eigenvalue weighted by Crippen LogP contribution is 2.32. The van der Waals surface area contributed by atoms with Crippen LogP contribution in [0.15, 0.2) is 30.3 Å². The van der Waals surface area contributed by atoms with Crippen molar-refractivity contribution in [1.29, 1.82) is 0 Å². The smallest absolute Gasteiger partial charge is 0.0631 e. The monoisotopic (exact) mass is 233 g/mol. The van der Waals surface area contributed by atoms with E-state index in [4.69, 9.17) is 10.5 Å². The van der Waals surface area contributed by atoms with Crippen molar-refractivity contribution in [3.63, 3.8) is 0 Å². The summed E-state index contributed by atoms with van der Waals surface area (Å²) in [6, 6.07) is 10.5. The van der Waals surface area contributed by atoms with Crippen molar-refractivity contribution in [3.8, 4) is 0 Å². The lowest BCUT2D eigenvalue weighted by Crippen LogP contribution is -2.21. The van der Waals surface area contributed by atoms with Gasteiger partial charge in [0.25, 0.3) is 0 Å². The maximum atomic E-state index is 6.19. The number of benzene rings is 1. The van der Waals surface area contributed by atoms with Crippen LogP contribution < -0.4 is 5.73 Å². The zero-order valence-electron chi connectivity index (χ0n) is 10.9. The molecular weight excluding hydrogens is 210 g/mol. The molecule has 1 saturated heterocycles. The maximum Gasteiger partial charge on any atom is 0.0631 e. The van der Waals surface area contributed by atoms with Gasteiger partial charge >= 0.3 is 0 Å². The van der Waals surface area contributed by atoms with E-state index >= 15 is 0 Å². The molecule has 94 valence electrons. The van der Waals surface area contributed by atoms with Gasteiger partial charge in [-0.25, -0.2) is 0 Å². The Morgan fingerprint density at radius 1 is 1.35 bits per heavy atom. The lowest BCUT2D eigenvalue weighted by Gasteiger charge is -2.20. The normalized spacial score (nSPS) is 24.8. The predicted molar refractivity (Wildman–Crippen MR) is 70.8 cm³/mol. The highest BCUT2D eigenvalue weighted by atomic mass is 16.5. The topological polar surface area (TPSA) is 35.2 Å². The summed E-state index contributed by atoms with van der Waals surface area (Å²) in [5.41, 5.74) is 7.48. The number of hydrogen-bond acceptors (Lipinski definition) is 2. The summed E-state index contributed by atoms with van der Waals surface area (Å²) in [6.07, 6.45) is 4.82. The molecule has 0 saturated carbocycles. The first-order valence-corrected chi connectivity index (χ1v) is 6.55. The number of nitrogens with two attached hydrogens (primary N) is 1. The van der Waals surface area contributed by atoms with Crippen molar-refractivity contribution in [2.75, 3.05) is 0 Å². The second kappa shape index (κ2) is 5.19. The molecule has 0 aromatic heterocycles. The van der Waals surface area contributed by atoms with E-state index in [1.165, 1.54) is 12.0 Å². The van der Waals surface area contributed by atoms with Crippen molar-refractivity contribution >= 4 is 0 Å². The van der Waals surface area contributed by atoms with E-state index in [2.05, 4.69) is 26.0 Å². The zero-order valence-corrected chi connectivity index (χ0v) is 10.9. The van der Waals surface area contributed by atoms with Crippen LogP contribution in [-0.2, 0) is 4.74 Å². The summed E-state index contributed by atoms with van der Waals surface area (Å²) in [5, 5.41) is 0. The molecule has 2 N–H and O–H groups in total. The molecule has 2 heteroatoms. The van der Waals surface area contributed by atoms with Gasteiger partial charge in [0.2, 0.25) is 0 Å². The van der Waals surface area contributed by atoms with E-state index < -0.39 is 0 Å². The summed E-state index contributed by atoms with van der Waals surface area (Å²) in [7, 11) is 0. The van der Waals surface area contributed by atoms with Gasteiger partial charge in [0.1, 0.15) is 0 Å². The summed E-state index contributed by atoms with van der Waals surface area (Å²) in [6.45, 7) is 4.34. The lowest BCUT2D eigenvalue weighted by molar-refractivity contribution is -0.0195. The first-order chi connectivity index (χ1) is 8.07. The first-order valence-electron chi connectivity index (χ1n) is 6.55. The molecule has 1 aliphatic heterocycles. The molecule has 2 unspecified atom stereocenters. The van der Waals surface area contributed by atoms with Gasteiger partial charge in [-0.15, -0.1) is 0 Å². The van der Waals surface area contributed by atoms with Gasteiger partial charge in [-0.05, 0) is 45.1 Å². The summed E-state index contributed by atoms with van der Waals surface area (Å²) >= 11 is 0. The second-order valence-corrected chi connectivity index (χ2v) is 5.63. The van der Waals surface area contributed by atoms with Gasteiger partial charge in [-0.1, -0.05) is 30.3 Å². The molecule has 1 aliphatic rings. The average Bonchev–Trinajstić information content (AvgIpc) is 2.67. The van der Waals surface area contributed by atoms with Crippen molar-refractivity contribution in [2.24, 2.45) is 5.73 Å². The lowest BCUT2D eigenvalue weighted by atomic mass is 9.99. The van der Waals surface area contributed by atoms with Crippen LogP contribution in [0, 0.1) is 0 Å². The molecule has 2 nitrogen and oxygen atoms in total. The zero-order chi connectivity index (χ0) is 12.3. The Morgan fingerprint density at radius 2 is 2.06 bits per heavy atom. The Kier molecular flexibility index (Phi) is 3.85. The van der Waals surface area contributed by atoms with Crippen LogP contribution in [0.4, 0.5) is 0 Å². The van der Waals surface area contributed by atoms with Gasteiger partial charge < -0.3 is 10.5 Å². The summed E-state index contributed by atoms with van der Waals surface area (Å²) < 4.78 is 5.98. The van der Waals surface area contributed by atoms with Crippen molar-refractivity contribution in [3.05, 3.63) is 35.9 Å².